The molecule has 0 aromatic heterocycles. The Balaban J connectivity index is 1.69. The predicted molar refractivity (Wildman–Crippen MR) is 76.1 cm³/mol. The summed E-state index contributed by atoms with van der Waals surface area (Å²) in [6.45, 7) is 6.60. The van der Waals surface area contributed by atoms with Crippen LogP contribution in [0.15, 0.2) is 0 Å². The summed E-state index contributed by atoms with van der Waals surface area (Å²) >= 11 is 0. The fourth-order valence-corrected chi connectivity index (χ4v) is 3.07. The first-order valence-electron chi connectivity index (χ1n) is 7.88. The fraction of sp³-hybridized carbons (Fsp3) is 0.933. The molecule has 19 heavy (non-hydrogen) atoms. The summed E-state index contributed by atoms with van der Waals surface area (Å²) < 4.78 is 5.39. The summed E-state index contributed by atoms with van der Waals surface area (Å²) in [6, 6.07) is 0.561. The Kier molecular flexibility index (Phi) is 6.11. The van der Waals surface area contributed by atoms with E-state index in [9.17, 15) is 4.79 Å². The van der Waals surface area contributed by atoms with Gasteiger partial charge in [0.25, 0.3) is 0 Å². The van der Waals surface area contributed by atoms with Gasteiger partial charge in [-0.25, -0.2) is 0 Å². The van der Waals surface area contributed by atoms with E-state index >= 15 is 0 Å². The number of carbonyl (C=O) groups excluding carboxylic acids is 1. The number of rotatable bonds is 6. The number of piperidine rings is 1. The van der Waals surface area contributed by atoms with E-state index in [4.69, 9.17) is 4.74 Å². The van der Waals surface area contributed by atoms with Crippen LogP contribution in [-0.2, 0) is 9.53 Å². The molecule has 0 spiro atoms. The molecule has 2 rings (SSSR count). The third kappa shape index (κ3) is 4.77. The maximum absolute atomic E-state index is 12.3. The first kappa shape index (κ1) is 14.8. The molecule has 2 aliphatic heterocycles. The van der Waals surface area contributed by atoms with Gasteiger partial charge in [0.2, 0.25) is 5.91 Å². The second-order valence-corrected chi connectivity index (χ2v) is 5.85. The molecule has 0 bridgehead atoms. The van der Waals surface area contributed by atoms with Crippen LogP contribution in [0.1, 0.15) is 45.4 Å². The summed E-state index contributed by atoms with van der Waals surface area (Å²) in [4.78, 5) is 14.3. The smallest absolute Gasteiger partial charge is 0.222 e. The molecule has 1 amide bonds. The van der Waals surface area contributed by atoms with Crippen molar-refractivity contribution in [1.29, 1.82) is 0 Å². The lowest BCUT2D eigenvalue weighted by molar-refractivity contribution is -0.131. The van der Waals surface area contributed by atoms with Gasteiger partial charge in [-0.3, -0.25) is 4.79 Å². The van der Waals surface area contributed by atoms with Gasteiger partial charge < -0.3 is 15.0 Å². The van der Waals surface area contributed by atoms with Gasteiger partial charge in [0.1, 0.15) is 0 Å². The van der Waals surface area contributed by atoms with Crippen LogP contribution >= 0.6 is 0 Å². The molecule has 0 radical (unpaired) electrons. The Morgan fingerprint density at radius 3 is 2.89 bits per heavy atom. The monoisotopic (exact) mass is 268 g/mol. The van der Waals surface area contributed by atoms with Crippen LogP contribution in [0, 0.1) is 5.92 Å². The van der Waals surface area contributed by atoms with E-state index in [1.54, 1.807) is 0 Å². The molecule has 1 N–H and O–H groups in total. The highest BCUT2D eigenvalue weighted by Crippen LogP contribution is 2.16. The average molecular weight is 268 g/mol. The molecule has 2 aliphatic rings. The molecule has 2 atom stereocenters. The number of nitrogens with zero attached hydrogens (tertiary/aromatic N) is 1. The molecular weight excluding hydrogens is 240 g/mol. The Morgan fingerprint density at radius 1 is 1.37 bits per heavy atom. The van der Waals surface area contributed by atoms with Crippen molar-refractivity contribution in [2.24, 2.45) is 5.92 Å². The summed E-state index contributed by atoms with van der Waals surface area (Å²) in [5, 5.41) is 3.51. The fourth-order valence-electron chi connectivity index (χ4n) is 3.07. The van der Waals surface area contributed by atoms with Crippen molar-refractivity contribution in [1.82, 2.24) is 10.2 Å². The number of nitrogens with one attached hydrogen (secondary N) is 1. The van der Waals surface area contributed by atoms with Gasteiger partial charge in [0.15, 0.2) is 0 Å². The van der Waals surface area contributed by atoms with Crippen molar-refractivity contribution in [2.45, 2.75) is 51.5 Å². The summed E-state index contributed by atoms with van der Waals surface area (Å²) in [5.74, 6) is 0.874. The van der Waals surface area contributed by atoms with Gasteiger partial charge in [-0.2, -0.15) is 0 Å². The first-order valence-corrected chi connectivity index (χ1v) is 7.88. The van der Waals surface area contributed by atoms with Crippen LogP contribution < -0.4 is 5.32 Å². The number of carbonyl (C=O) groups is 1. The third-order valence-corrected chi connectivity index (χ3v) is 4.36. The molecular formula is C15H28N2O2. The minimum Gasteiger partial charge on any atom is -0.381 e. The van der Waals surface area contributed by atoms with Crippen LogP contribution in [0.2, 0.25) is 0 Å². The molecule has 0 aromatic rings. The van der Waals surface area contributed by atoms with Gasteiger partial charge in [-0.1, -0.05) is 6.42 Å². The largest absolute Gasteiger partial charge is 0.381 e. The van der Waals surface area contributed by atoms with E-state index in [1.165, 1.54) is 19.3 Å². The average Bonchev–Trinajstić information content (AvgIpc) is 2.96. The second kappa shape index (κ2) is 7.85. The van der Waals surface area contributed by atoms with Crippen LogP contribution in [0.3, 0.4) is 0 Å². The predicted octanol–water partition coefficient (Wildman–Crippen LogP) is 1.79. The van der Waals surface area contributed by atoms with Crippen molar-refractivity contribution in [3.05, 3.63) is 0 Å². The Morgan fingerprint density at radius 2 is 2.26 bits per heavy atom. The Labute approximate surface area is 116 Å². The first-order chi connectivity index (χ1) is 9.29. The van der Waals surface area contributed by atoms with Crippen molar-refractivity contribution < 1.29 is 9.53 Å². The van der Waals surface area contributed by atoms with E-state index in [2.05, 4.69) is 12.2 Å². The van der Waals surface area contributed by atoms with Crippen molar-refractivity contribution in [3.63, 3.8) is 0 Å². The molecule has 0 aliphatic carbocycles. The van der Waals surface area contributed by atoms with E-state index in [0.29, 0.717) is 24.3 Å². The summed E-state index contributed by atoms with van der Waals surface area (Å²) in [6.07, 6.45) is 6.62. The van der Waals surface area contributed by atoms with Crippen LogP contribution in [0.25, 0.3) is 0 Å². The molecule has 2 unspecified atom stereocenters. The van der Waals surface area contributed by atoms with E-state index < -0.39 is 0 Å². The number of ether oxygens (including phenoxy) is 1. The Hall–Kier alpha value is -0.610. The summed E-state index contributed by atoms with van der Waals surface area (Å²) in [7, 11) is 0. The molecule has 2 saturated heterocycles. The summed E-state index contributed by atoms with van der Waals surface area (Å²) in [5.41, 5.74) is 0. The highest BCUT2D eigenvalue weighted by Gasteiger charge is 2.22. The molecule has 4 nitrogen and oxygen atoms in total. The van der Waals surface area contributed by atoms with Gasteiger partial charge >= 0.3 is 0 Å². The molecule has 0 aromatic carbocycles. The molecule has 110 valence electrons. The van der Waals surface area contributed by atoms with Crippen LogP contribution in [0.4, 0.5) is 0 Å². The molecule has 0 saturated carbocycles. The number of hydrogen-bond acceptors (Lipinski definition) is 3. The van der Waals surface area contributed by atoms with E-state index in [-0.39, 0.29) is 0 Å². The number of amides is 1. The Bertz CT molecular complexity index is 271. The van der Waals surface area contributed by atoms with Crippen molar-refractivity contribution in [2.75, 3.05) is 32.8 Å². The minimum atomic E-state index is 0.321. The van der Waals surface area contributed by atoms with Gasteiger partial charge in [-0.05, 0) is 39.2 Å². The lowest BCUT2D eigenvalue weighted by Crippen LogP contribution is -2.38. The second-order valence-electron chi connectivity index (χ2n) is 5.85. The van der Waals surface area contributed by atoms with Crippen molar-refractivity contribution >= 4 is 5.91 Å². The van der Waals surface area contributed by atoms with E-state index in [0.717, 1.165) is 45.7 Å². The quantitative estimate of drug-likeness (QED) is 0.798. The van der Waals surface area contributed by atoms with Gasteiger partial charge in [0, 0.05) is 38.1 Å². The standard InChI is InChI=1S/C15H28N2O2/c1-2-17(11-13-8-10-19-12-13)15(18)7-6-14-5-3-4-9-16-14/h13-14,16H,2-12H2,1H3. The normalized spacial score (nSPS) is 27.4. The van der Waals surface area contributed by atoms with Gasteiger partial charge in [-0.15, -0.1) is 0 Å². The minimum absolute atomic E-state index is 0.321. The lowest BCUT2D eigenvalue weighted by Gasteiger charge is -2.26. The highest BCUT2D eigenvalue weighted by molar-refractivity contribution is 5.76. The molecule has 2 heterocycles. The van der Waals surface area contributed by atoms with Gasteiger partial charge in [0.05, 0.1) is 6.61 Å². The SMILES string of the molecule is CCN(CC1CCOC1)C(=O)CCC1CCCCN1. The van der Waals surface area contributed by atoms with E-state index in [1.807, 2.05) is 4.90 Å². The van der Waals surface area contributed by atoms with Crippen LogP contribution in [0.5, 0.6) is 0 Å². The zero-order valence-corrected chi connectivity index (χ0v) is 12.2. The van der Waals surface area contributed by atoms with Crippen LogP contribution in [-0.4, -0.2) is 49.7 Å². The maximum Gasteiger partial charge on any atom is 0.222 e. The maximum atomic E-state index is 12.3. The highest BCUT2D eigenvalue weighted by atomic mass is 16.5. The molecule has 2 fully saturated rings. The zero-order chi connectivity index (χ0) is 13.5. The van der Waals surface area contributed by atoms with Crippen molar-refractivity contribution in [3.8, 4) is 0 Å². The molecule has 4 heteroatoms. The number of hydrogen-bond donors (Lipinski definition) is 1. The lowest BCUT2D eigenvalue weighted by atomic mass is 10.00. The topological polar surface area (TPSA) is 41.6 Å². The zero-order valence-electron chi connectivity index (χ0n) is 12.2. The third-order valence-electron chi connectivity index (χ3n) is 4.36.